The van der Waals surface area contributed by atoms with E-state index in [0.717, 1.165) is 25.0 Å². The van der Waals surface area contributed by atoms with Gasteiger partial charge in [-0.1, -0.05) is 0 Å². The van der Waals surface area contributed by atoms with Gasteiger partial charge in [0, 0.05) is 18.8 Å². The first-order chi connectivity index (χ1) is 9.45. The number of ether oxygens (including phenoxy) is 1. The molecule has 1 aromatic rings. The van der Waals surface area contributed by atoms with Gasteiger partial charge < -0.3 is 15.4 Å². The van der Waals surface area contributed by atoms with Crippen molar-refractivity contribution in [1.29, 1.82) is 0 Å². The fraction of sp³-hybridized carbons (Fsp3) is 0.462. The molecular formula is C13H15F3N2O2. The summed E-state index contributed by atoms with van der Waals surface area (Å²) in [5, 5.41) is 5.09. The number of rotatable bonds is 3. The molecule has 2 amide bonds. The van der Waals surface area contributed by atoms with Crippen molar-refractivity contribution in [2.45, 2.75) is 25.1 Å². The average molecular weight is 288 g/mol. The molecule has 1 saturated heterocycles. The molecule has 0 aromatic heterocycles. The Morgan fingerprint density at radius 1 is 1.30 bits per heavy atom. The van der Waals surface area contributed by atoms with Crippen LogP contribution < -0.4 is 10.6 Å². The third-order valence-corrected chi connectivity index (χ3v) is 2.98. The molecule has 20 heavy (non-hydrogen) atoms. The summed E-state index contributed by atoms with van der Waals surface area (Å²) in [4.78, 5) is 11.6. The van der Waals surface area contributed by atoms with Gasteiger partial charge >= 0.3 is 12.2 Å². The molecule has 0 aliphatic carbocycles. The third-order valence-electron chi connectivity index (χ3n) is 2.98. The van der Waals surface area contributed by atoms with Crippen molar-refractivity contribution in [3.8, 4) is 0 Å². The van der Waals surface area contributed by atoms with Crippen LogP contribution in [-0.2, 0) is 10.9 Å². The van der Waals surface area contributed by atoms with Gasteiger partial charge in [-0.3, -0.25) is 0 Å². The van der Waals surface area contributed by atoms with Crippen molar-refractivity contribution in [3.05, 3.63) is 29.8 Å². The van der Waals surface area contributed by atoms with Crippen LogP contribution in [0.15, 0.2) is 24.3 Å². The zero-order valence-electron chi connectivity index (χ0n) is 10.7. The van der Waals surface area contributed by atoms with Crippen molar-refractivity contribution in [1.82, 2.24) is 5.32 Å². The van der Waals surface area contributed by atoms with Gasteiger partial charge in [-0.15, -0.1) is 0 Å². The summed E-state index contributed by atoms with van der Waals surface area (Å²) in [5.74, 6) is 0. The fourth-order valence-electron chi connectivity index (χ4n) is 1.93. The first-order valence-electron chi connectivity index (χ1n) is 6.29. The Hall–Kier alpha value is -1.76. The zero-order valence-corrected chi connectivity index (χ0v) is 10.7. The summed E-state index contributed by atoms with van der Waals surface area (Å²) in [6.07, 6.45) is -2.47. The maximum Gasteiger partial charge on any atom is 0.416 e. The lowest BCUT2D eigenvalue weighted by Gasteiger charge is -2.12. The molecule has 0 bridgehead atoms. The van der Waals surface area contributed by atoms with Crippen LogP contribution in [0.2, 0.25) is 0 Å². The molecule has 2 rings (SSSR count). The molecule has 1 aliphatic heterocycles. The molecule has 2 N–H and O–H groups in total. The van der Waals surface area contributed by atoms with E-state index in [9.17, 15) is 18.0 Å². The number of halogens is 3. The number of amides is 2. The fourth-order valence-corrected chi connectivity index (χ4v) is 1.93. The number of hydrogen-bond donors (Lipinski definition) is 2. The Labute approximate surface area is 114 Å². The Balaban J connectivity index is 1.81. The largest absolute Gasteiger partial charge is 0.416 e. The van der Waals surface area contributed by atoms with Crippen LogP contribution >= 0.6 is 0 Å². The second kappa shape index (κ2) is 6.13. The van der Waals surface area contributed by atoms with Gasteiger partial charge in [-0.2, -0.15) is 13.2 Å². The second-order valence-electron chi connectivity index (χ2n) is 4.55. The van der Waals surface area contributed by atoms with E-state index >= 15 is 0 Å². The first-order valence-corrected chi connectivity index (χ1v) is 6.29. The van der Waals surface area contributed by atoms with E-state index < -0.39 is 17.8 Å². The maximum absolute atomic E-state index is 12.4. The van der Waals surface area contributed by atoms with Crippen LogP contribution in [0.25, 0.3) is 0 Å². The highest BCUT2D eigenvalue weighted by Crippen LogP contribution is 2.29. The van der Waals surface area contributed by atoms with Gasteiger partial charge in [0.15, 0.2) is 0 Å². The molecule has 0 radical (unpaired) electrons. The molecule has 0 saturated carbocycles. The third kappa shape index (κ3) is 4.12. The highest BCUT2D eigenvalue weighted by molar-refractivity contribution is 5.89. The molecule has 110 valence electrons. The van der Waals surface area contributed by atoms with E-state index in [1.165, 1.54) is 12.1 Å². The highest BCUT2D eigenvalue weighted by atomic mass is 19.4. The van der Waals surface area contributed by atoms with Crippen molar-refractivity contribution in [3.63, 3.8) is 0 Å². The lowest BCUT2D eigenvalue weighted by molar-refractivity contribution is -0.137. The molecule has 1 aromatic carbocycles. The molecule has 7 heteroatoms. The van der Waals surface area contributed by atoms with Crippen molar-refractivity contribution in [2.24, 2.45) is 0 Å². The van der Waals surface area contributed by atoms with Crippen molar-refractivity contribution >= 4 is 11.7 Å². The lowest BCUT2D eigenvalue weighted by atomic mass is 10.2. The van der Waals surface area contributed by atoms with Gasteiger partial charge in [-0.05, 0) is 37.1 Å². The van der Waals surface area contributed by atoms with Crippen LogP contribution in [0.4, 0.5) is 23.7 Å². The molecular weight excluding hydrogens is 273 g/mol. The Bertz CT molecular complexity index is 454. The molecule has 1 fully saturated rings. The number of carbonyl (C=O) groups is 1. The van der Waals surface area contributed by atoms with E-state index in [1.54, 1.807) is 0 Å². The van der Waals surface area contributed by atoms with Gasteiger partial charge in [0.25, 0.3) is 0 Å². The van der Waals surface area contributed by atoms with Crippen LogP contribution in [0.5, 0.6) is 0 Å². The van der Waals surface area contributed by atoms with Crippen LogP contribution in [0.3, 0.4) is 0 Å². The second-order valence-corrected chi connectivity index (χ2v) is 4.55. The number of benzene rings is 1. The highest BCUT2D eigenvalue weighted by Gasteiger charge is 2.30. The van der Waals surface area contributed by atoms with Gasteiger partial charge in [0.05, 0.1) is 11.7 Å². The number of carbonyl (C=O) groups excluding carboxylic acids is 1. The minimum absolute atomic E-state index is 0.0216. The first kappa shape index (κ1) is 14.6. The van der Waals surface area contributed by atoms with Crippen molar-refractivity contribution < 1.29 is 22.7 Å². The van der Waals surface area contributed by atoms with Crippen LogP contribution in [0, 0.1) is 0 Å². The molecule has 1 unspecified atom stereocenters. The monoisotopic (exact) mass is 288 g/mol. The van der Waals surface area contributed by atoms with E-state index in [4.69, 9.17) is 4.74 Å². The summed E-state index contributed by atoms with van der Waals surface area (Å²) in [6.45, 7) is 1.10. The number of anilines is 1. The number of nitrogens with one attached hydrogen (secondary N) is 2. The normalized spacial score (nSPS) is 18.9. The van der Waals surface area contributed by atoms with Crippen LogP contribution in [-0.4, -0.2) is 25.3 Å². The summed E-state index contributed by atoms with van der Waals surface area (Å²) in [5.41, 5.74) is -0.439. The predicted molar refractivity (Wildman–Crippen MR) is 67.4 cm³/mol. The maximum atomic E-state index is 12.4. The quantitative estimate of drug-likeness (QED) is 0.898. The van der Waals surface area contributed by atoms with E-state index in [2.05, 4.69) is 10.6 Å². The average Bonchev–Trinajstić information content (AvgIpc) is 2.89. The summed E-state index contributed by atoms with van der Waals surface area (Å²) >= 11 is 0. The molecule has 1 heterocycles. The SMILES string of the molecule is O=C(NCC1CCCO1)Nc1ccc(C(F)(F)F)cc1. The number of alkyl halides is 3. The summed E-state index contributed by atoms with van der Waals surface area (Å²) in [7, 11) is 0. The minimum atomic E-state index is -4.37. The Morgan fingerprint density at radius 3 is 2.55 bits per heavy atom. The zero-order chi connectivity index (χ0) is 14.6. The van der Waals surface area contributed by atoms with Gasteiger partial charge in [0.2, 0.25) is 0 Å². The molecule has 4 nitrogen and oxygen atoms in total. The summed E-state index contributed by atoms with van der Waals surface area (Å²) in [6, 6.07) is 3.83. The number of urea groups is 1. The predicted octanol–water partition coefficient (Wildman–Crippen LogP) is 3.01. The smallest absolute Gasteiger partial charge is 0.376 e. The summed E-state index contributed by atoms with van der Waals surface area (Å²) < 4.78 is 42.4. The van der Waals surface area contributed by atoms with E-state index in [0.29, 0.717) is 18.8 Å². The minimum Gasteiger partial charge on any atom is -0.376 e. The Morgan fingerprint density at radius 2 is 2.00 bits per heavy atom. The van der Waals surface area contributed by atoms with Gasteiger partial charge in [-0.25, -0.2) is 4.79 Å². The Kier molecular flexibility index (Phi) is 4.49. The number of hydrogen-bond acceptors (Lipinski definition) is 2. The van der Waals surface area contributed by atoms with Gasteiger partial charge in [0.1, 0.15) is 0 Å². The molecule has 0 spiro atoms. The topological polar surface area (TPSA) is 50.4 Å². The standard InChI is InChI=1S/C13H15F3N2O2/c14-13(15,16)9-3-5-10(6-4-9)18-12(19)17-8-11-2-1-7-20-11/h3-6,11H,1-2,7-8H2,(H2,17,18,19). The van der Waals surface area contributed by atoms with E-state index in [-0.39, 0.29) is 6.10 Å². The lowest BCUT2D eigenvalue weighted by Crippen LogP contribution is -2.35. The van der Waals surface area contributed by atoms with Crippen LogP contribution in [0.1, 0.15) is 18.4 Å². The molecule has 1 atom stereocenters. The van der Waals surface area contributed by atoms with E-state index in [1.807, 2.05) is 0 Å². The van der Waals surface area contributed by atoms with Crippen molar-refractivity contribution in [2.75, 3.05) is 18.5 Å². The molecule has 1 aliphatic rings.